The van der Waals surface area contributed by atoms with Gasteiger partial charge >= 0.3 is 0 Å². The molecule has 1 unspecified atom stereocenters. The van der Waals surface area contributed by atoms with Crippen LogP contribution in [-0.4, -0.2) is 21.1 Å². The van der Waals surface area contributed by atoms with Gasteiger partial charge in [0.25, 0.3) is 0 Å². The fraction of sp³-hybridized carbons (Fsp3) is 0.133. The largest absolute Gasteiger partial charge is 0.309 e. The highest BCUT2D eigenvalue weighted by Crippen LogP contribution is 2.30. The Balaban J connectivity index is 1.71. The Labute approximate surface area is 136 Å². The number of anilines is 1. The smallest absolute Gasteiger partial charge is 0.232 e. The lowest BCUT2D eigenvalue weighted by atomic mass is 10.0. The molecule has 0 saturated carbocycles. The standard InChI is InChI=1S/C15H13ClN4OS/c1-9(10-3-2-6-17-8-10)15(21)18-14-7-11(19-20-14)12-4-5-13(16)22-12/h2-9H,1H3,(H2,18,19,20,21). The van der Waals surface area contributed by atoms with Gasteiger partial charge in [-0.25, -0.2) is 0 Å². The van der Waals surface area contributed by atoms with Gasteiger partial charge in [0.15, 0.2) is 5.82 Å². The van der Waals surface area contributed by atoms with Crippen molar-refractivity contribution in [1.29, 1.82) is 0 Å². The van der Waals surface area contributed by atoms with Gasteiger partial charge in [-0.3, -0.25) is 14.9 Å². The first-order valence-corrected chi connectivity index (χ1v) is 7.85. The molecule has 0 bridgehead atoms. The molecule has 2 N–H and O–H groups in total. The minimum atomic E-state index is -0.301. The van der Waals surface area contributed by atoms with Crippen LogP contribution in [0.5, 0.6) is 0 Å². The summed E-state index contributed by atoms with van der Waals surface area (Å²) in [6.07, 6.45) is 3.37. The van der Waals surface area contributed by atoms with Gasteiger partial charge in [0.05, 0.1) is 20.8 Å². The summed E-state index contributed by atoms with van der Waals surface area (Å²) in [6.45, 7) is 1.83. The van der Waals surface area contributed by atoms with E-state index in [1.165, 1.54) is 11.3 Å². The average Bonchev–Trinajstić information content (AvgIpc) is 3.16. The number of H-pyrrole nitrogens is 1. The molecule has 0 aliphatic heterocycles. The Bertz CT molecular complexity index is 784. The first kappa shape index (κ1) is 14.7. The summed E-state index contributed by atoms with van der Waals surface area (Å²) < 4.78 is 0.709. The highest BCUT2D eigenvalue weighted by Gasteiger charge is 2.17. The molecule has 3 aromatic rings. The third kappa shape index (κ3) is 3.18. The fourth-order valence-corrected chi connectivity index (χ4v) is 3.00. The lowest BCUT2D eigenvalue weighted by Crippen LogP contribution is -2.19. The Hall–Kier alpha value is -2.18. The molecule has 0 fully saturated rings. The molecule has 0 aromatic carbocycles. The van der Waals surface area contributed by atoms with E-state index < -0.39 is 0 Å². The van der Waals surface area contributed by atoms with Gasteiger partial charge in [-0.1, -0.05) is 17.7 Å². The zero-order valence-corrected chi connectivity index (χ0v) is 13.3. The van der Waals surface area contributed by atoms with Crippen LogP contribution in [0.25, 0.3) is 10.6 Å². The van der Waals surface area contributed by atoms with E-state index in [-0.39, 0.29) is 11.8 Å². The second-order valence-corrected chi connectivity index (χ2v) is 6.48. The number of nitrogens with one attached hydrogen (secondary N) is 2. The molecular formula is C15H13ClN4OS. The average molecular weight is 333 g/mol. The molecule has 22 heavy (non-hydrogen) atoms. The molecule has 3 aromatic heterocycles. The van der Waals surface area contributed by atoms with Gasteiger partial charge < -0.3 is 5.32 Å². The number of hydrogen-bond donors (Lipinski definition) is 2. The van der Waals surface area contributed by atoms with Crippen molar-refractivity contribution in [3.8, 4) is 10.6 Å². The van der Waals surface area contributed by atoms with Crippen molar-refractivity contribution in [2.24, 2.45) is 0 Å². The normalized spacial score (nSPS) is 12.1. The number of hydrogen-bond acceptors (Lipinski definition) is 4. The number of amides is 1. The minimum Gasteiger partial charge on any atom is -0.309 e. The summed E-state index contributed by atoms with van der Waals surface area (Å²) in [7, 11) is 0. The topological polar surface area (TPSA) is 70.7 Å². The third-order valence-corrected chi connectivity index (χ3v) is 4.51. The maximum Gasteiger partial charge on any atom is 0.232 e. The second-order valence-electron chi connectivity index (χ2n) is 4.77. The summed E-state index contributed by atoms with van der Waals surface area (Å²) in [5.41, 5.74) is 1.68. The summed E-state index contributed by atoms with van der Waals surface area (Å²) in [4.78, 5) is 17.3. The summed E-state index contributed by atoms with van der Waals surface area (Å²) in [6, 6.07) is 9.21. The summed E-state index contributed by atoms with van der Waals surface area (Å²) in [5.74, 6) is 0.0561. The predicted molar refractivity (Wildman–Crippen MR) is 88.2 cm³/mol. The van der Waals surface area contributed by atoms with Crippen LogP contribution in [-0.2, 0) is 4.79 Å². The molecule has 7 heteroatoms. The monoisotopic (exact) mass is 332 g/mol. The molecular weight excluding hydrogens is 320 g/mol. The van der Waals surface area contributed by atoms with E-state index in [0.29, 0.717) is 10.2 Å². The van der Waals surface area contributed by atoms with Gasteiger partial charge in [0, 0.05) is 18.5 Å². The van der Waals surface area contributed by atoms with Crippen molar-refractivity contribution >= 4 is 34.7 Å². The molecule has 0 aliphatic carbocycles. The first-order chi connectivity index (χ1) is 10.6. The van der Waals surface area contributed by atoms with Crippen LogP contribution in [0.15, 0.2) is 42.7 Å². The Morgan fingerprint density at radius 2 is 2.27 bits per heavy atom. The first-order valence-electron chi connectivity index (χ1n) is 6.65. The number of nitrogens with zero attached hydrogens (tertiary/aromatic N) is 2. The van der Waals surface area contributed by atoms with Crippen molar-refractivity contribution in [1.82, 2.24) is 15.2 Å². The Kier molecular flexibility index (Phi) is 4.22. The number of rotatable bonds is 4. The number of aromatic amines is 1. The van der Waals surface area contributed by atoms with Gasteiger partial charge in [-0.15, -0.1) is 11.3 Å². The van der Waals surface area contributed by atoms with Crippen molar-refractivity contribution in [3.63, 3.8) is 0 Å². The maximum atomic E-state index is 12.3. The summed E-state index contributed by atoms with van der Waals surface area (Å²) >= 11 is 7.37. The van der Waals surface area contributed by atoms with E-state index in [9.17, 15) is 4.79 Å². The molecule has 1 amide bonds. The van der Waals surface area contributed by atoms with Crippen LogP contribution >= 0.6 is 22.9 Å². The lowest BCUT2D eigenvalue weighted by molar-refractivity contribution is -0.117. The highest BCUT2D eigenvalue weighted by atomic mass is 35.5. The van der Waals surface area contributed by atoms with Crippen molar-refractivity contribution in [2.75, 3.05) is 5.32 Å². The van der Waals surface area contributed by atoms with Gasteiger partial charge in [-0.05, 0) is 30.7 Å². The minimum absolute atomic E-state index is 0.129. The molecule has 0 radical (unpaired) electrons. The number of halogens is 1. The molecule has 5 nitrogen and oxygen atoms in total. The SMILES string of the molecule is CC(C(=O)Nc1cc(-c2ccc(Cl)s2)[nH]n1)c1cccnc1. The van der Waals surface area contributed by atoms with Gasteiger partial charge in [-0.2, -0.15) is 5.10 Å². The van der Waals surface area contributed by atoms with E-state index in [1.807, 2.05) is 31.2 Å². The molecule has 0 saturated heterocycles. The van der Waals surface area contributed by atoms with Crippen molar-refractivity contribution in [2.45, 2.75) is 12.8 Å². The zero-order chi connectivity index (χ0) is 15.5. The van der Waals surface area contributed by atoms with Crippen LogP contribution in [0.1, 0.15) is 18.4 Å². The lowest BCUT2D eigenvalue weighted by Gasteiger charge is -2.10. The Morgan fingerprint density at radius 3 is 2.95 bits per heavy atom. The number of aromatic nitrogens is 3. The number of thiophene rings is 1. The van der Waals surface area contributed by atoms with E-state index >= 15 is 0 Å². The second kappa shape index (κ2) is 6.29. The van der Waals surface area contributed by atoms with Crippen LogP contribution in [0.4, 0.5) is 5.82 Å². The van der Waals surface area contributed by atoms with Gasteiger partial charge in [0.2, 0.25) is 5.91 Å². The molecule has 0 aliphatic rings. The van der Waals surface area contributed by atoms with Crippen LogP contribution in [0, 0.1) is 0 Å². The quantitative estimate of drug-likeness (QED) is 0.760. The van der Waals surface area contributed by atoms with Crippen LogP contribution < -0.4 is 5.32 Å². The van der Waals surface area contributed by atoms with E-state index in [1.54, 1.807) is 18.5 Å². The van der Waals surface area contributed by atoms with Crippen molar-refractivity contribution in [3.05, 3.63) is 52.6 Å². The van der Waals surface area contributed by atoms with Gasteiger partial charge in [0.1, 0.15) is 0 Å². The van der Waals surface area contributed by atoms with E-state index in [4.69, 9.17) is 11.6 Å². The number of carbonyl (C=O) groups is 1. The fourth-order valence-electron chi connectivity index (χ4n) is 1.99. The highest BCUT2D eigenvalue weighted by molar-refractivity contribution is 7.19. The third-order valence-electron chi connectivity index (χ3n) is 3.25. The number of pyridine rings is 1. The predicted octanol–water partition coefficient (Wildman–Crippen LogP) is 3.93. The Morgan fingerprint density at radius 1 is 1.41 bits per heavy atom. The molecule has 3 heterocycles. The van der Waals surface area contributed by atoms with E-state index in [0.717, 1.165) is 16.1 Å². The maximum absolute atomic E-state index is 12.3. The molecule has 1 atom stereocenters. The molecule has 112 valence electrons. The summed E-state index contributed by atoms with van der Waals surface area (Å²) in [5, 5.41) is 9.80. The zero-order valence-electron chi connectivity index (χ0n) is 11.7. The van der Waals surface area contributed by atoms with E-state index in [2.05, 4.69) is 20.5 Å². The number of carbonyl (C=O) groups excluding carboxylic acids is 1. The molecule has 0 spiro atoms. The van der Waals surface area contributed by atoms with Crippen LogP contribution in [0.3, 0.4) is 0 Å². The van der Waals surface area contributed by atoms with Crippen LogP contribution in [0.2, 0.25) is 4.34 Å². The molecule has 3 rings (SSSR count). The van der Waals surface area contributed by atoms with Crippen molar-refractivity contribution < 1.29 is 4.79 Å².